The topological polar surface area (TPSA) is 154 Å². The molecule has 0 saturated carbocycles. The van der Waals surface area contributed by atoms with Crippen LogP contribution in [0.25, 0.3) is 0 Å². The van der Waals surface area contributed by atoms with Crippen molar-refractivity contribution in [2.24, 2.45) is 0 Å². The van der Waals surface area contributed by atoms with Crippen molar-refractivity contribution >= 4 is 17.9 Å². The largest absolute Gasteiger partial charge is 0.451 e. The van der Waals surface area contributed by atoms with Gasteiger partial charge in [0, 0.05) is 43.0 Å². The number of likely N-dealkylation sites (N-methyl/N-ethyl adjacent to an activating group) is 1. The van der Waals surface area contributed by atoms with Crippen LogP contribution in [0.4, 0.5) is 18.0 Å². The summed E-state index contributed by atoms with van der Waals surface area (Å²) in [6, 6.07) is -1.23. The maximum atomic E-state index is 13.8. The number of carbonyl (C=O) groups excluding carboxylic acids is 3. The molecular weight excluding hydrogens is 523 g/mol. The van der Waals surface area contributed by atoms with Crippen molar-refractivity contribution < 1.29 is 37.4 Å². The zero-order valence-corrected chi connectivity index (χ0v) is 22.5. The highest BCUT2D eigenvalue weighted by atomic mass is 19.4. The van der Waals surface area contributed by atoms with Crippen LogP contribution in [0.15, 0.2) is 12.4 Å². The van der Waals surface area contributed by atoms with E-state index in [1.807, 2.05) is 6.92 Å². The van der Waals surface area contributed by atoms with Crippen LogP contribution >= 0.6 is 0 Å². The Bertz CT molecular complexity index is 1210. The minimum absolute atomic E-state index is 0.00655. The molecule has 0 fully saturated rings. The molecule has 0 spiro atoms. The molecule has 0 aliphatic carbocycles. The van der Waals surface area contributed by atoms with Gasteiger partial charge in [-0.2, -0.15) is 18.3 Å². The number of H-pyrrole nitrogens is 1. The Balaban J connectivity index is 1.96. The number of carbonyl (C=O) groups is 3. The summed E-state index contributed by atoms with van der Waals surface area (Å²) in [4.78, 5) is 47.9. The van der Waals surface area contributed by atoms with Gasteiger partial charge in [0.25, 0.3) is 5.91 Å². The van der Waals surface area contributed by atoms with Crippen LogP contribution in [0.1, 0.15) is 73.8 Å². The Labute approximate surface area is 222 Å². The second-order valence-electron chi connectivity index (χ2n) is 10.3. The van der Waals surface area contributed by atoms with Crippen LogP contribution in [-0.2, 0) is 28.7 Å². The highest BCUT2D eigenvalue weighted by molar-refractivity contribution is 5.95. The molecule has 2 aromatic rings. The minimum atomic E-state index is -4.75. The number of hydrogen-bond acceptors (Lipinski definition) is 8. The maximum absolute atomic E-state index is 13.8. The average molecular weight is 556 g/mol. The van der Waals surface area contributed by atoms with E-state index < -0.39 is 54.2 Å². The summed E-state index contributed by atoms with van der Waals surface area (Å²) in [5.41, 5.74) is 0.396. The van der Waals surface area contributed by atoms with Gasteiger partial charge >= 0.3 is 12.3 Å². The number of aliphatic hydroxyl groups is 1. The first-order chi connectivity index (χ1) is 18.0. The van der Waals surface area contributed by atoms with Gasteiger partial charge in [-0.25, -0.2) is 14.8 Å². The summed E-state index contributed by atoms with van der Waals surface area (Å²) in [5, 5.41) is 19.6. The molecule has 0 aromatic carbocycles. The summed E-state index contributed by atoms with van der Waals surface area (Å²) in [6.45, 7) is 8.03. The number of rotatable bonds is 6. The number of amides is 3. The molecule has 3 atom stereocenters. The predicted octanol–water partition coefficient (Wildman–Crippen LogP) is 2.21. The van der Waals surface area contributed by atoms with Gasteiger partial charge in [0.1, 0.15) is 17.4 Å². The number of aromatic nitrogens is 4. The van der Waals surface area contributed by atoms with E-state index in [1.54, 1.807) is 20.8 Å². The highest BCUT2D eigenvalue weighted by Gasteiger charge is 2.38. The first kappa shape index (κ1) is 29.8. The predicted molar refractivity (Wildman–Crippen MR) is 130 cm³/mol. The van der Waals surface area contributed by atoms with E-state index in [1.165, 1.54) is 18.9 Å². The molecular formula is C24H32F3N7O5. The van der Waals surface area contributed by atoms with Gasteiger partial charge < -0.3 is 25.0 Å². The van der Waals surface area contributed by atoms with E-state index >= 15 is 0 Å². The number of fused-ring (bicyclic) bond motifs is 1. The van der Waals surface area contributed by atoms with Gasteiger partial charge in [-0.15, -0.1) is 0 Å². The molecule has 3 heterocycles. The molecule has 39 heavy (non-hydrogen) atoms. The van der Waals surface area contributed by atoms with E-state index in [0.717, 1.165) is 17.3 Å². The van der Waals surface area contributed by atoms with Gasteiger partial charge in [0.05, 0.1) is 24.8 Å². The van der Waals surface area contributed by atoms with Crippen molar-refractivity contribution in [3.8, 4) is 0 Å². The number of halogens is 3. The number of nitrogens with one attached hydrogen (secondary N) is 2. The molecule has 3 amide bonds. The number of ether oxygens (including phenoxy) is 1. The summed E-state index contributed by atoms with van der Waals surface area (Å²) in [7, 11) is 1.31. The normalized spacial score (nSPS) is 17.2. The van der Waals surface area contributed by atoms with Gasteiger partial charge in [0.15, 0.2) is 0 Å². The Kier molecular flexibility index (Phi) is 8.53. The third-order valence-corrected chi connectivity index (χ3v) is 6.20. The zero-order valence-electron chi connectivity index (χ0n) is 22.5. The van der Waals surface area contributed by atoms with Crippen molar-refractivity contribution in [2.45, 2.75) is 77.5 Å². The third kappa shape index (κ3) is 6.82. The number of aliphatic hydroxyl groups excluding tert-OH is 1. The number of hydrogen-bond donors (Lipinski definition) is 3. The van der Waals surface area contributed by atoms with Gasteiger partial charge in [-0.1, -0.05) is 0 Å². The lowest BCUT2D eigenvalue weighted by atomic mass is 9.99. The molecule has 214 valence electrons. The van der Waals surface area contributed by atoms with E-state index in [2.05, 4.69) is 25.5 Å². The van der Waals surface area contributed by atoms with E-state index in [4.69, 9.17) is 4.74 Å². The third-order valence-electron chi connectivity index (χ3n) is 6.20. The van der Waals surface area contributed by atoms with Gasteiger partial charge in [0.2, 0.25) is 11.7 Å². The zero-order chi connectivity index (χ0) is 29.3. The van der Waals surface area contributed by atoms with Crippen molar-refractivity contribution in [1.82, 2.24) is 35.3 Å². The number of nitrogens with zero attached hydrogens (tertiary/aromatic N) is 5. The fraction of sp³-hybridized carbons (Fsp3) is 0.583. The molecule has 0 radical (unpaired) electrons. The first-order valence-electron chi connectivity index (χ1n) is 12.2. The van der Waals surface area contributed by atoms with Crippen LogP contribution in [0.2, 0.25) is 0 Å². The second-order valence-corrected chi connectivity index (χ2v) is 10.3. The summed E-state index contributed by atoms with van der Waals surface area (Å²) < 4.78 is 44.3. The van der Waals surface area contributed by atoms with Gasteiger partial charge in [-0.3, -0.25) is 14.7 Å². The smallest absolute Gasteiger partial charge is 0.444 e. The standard InChI is InChI=1S/C24H32F3N7O5/c1-12-7-16-15(10-33(12)22(38)39-23(3,4)5)18(32-31-16)20(37)34(11-17(35)19(36)28-6)13(2)14-8-29-21(30-9-14)24(25,26)27/h8-9,12-13,17,35H,7,10-11H2,1-6H3,(H,28,36)(H,31,32)/t12-,13+,17-/m1/s1. The van der Waals surface area contributed by atoms with Crippen LogP contribution in [0.3, 0.4) is 0 Å². The van der Waals surface area contributed by atoms with Crippen molar-refractivity contribution in [1.29, 1.82) is 0 Å². The molecule has 0 saturated heterocycles. The molecule has 15 heteroatoms. The lowest BCUT2D eigenvalue weighted by molar-refractivity contribution is -0.145. The molecule has 0 unspecified atom stereocenters. The number of aromatic amines is 1. The van der Waals surface area contributed by atoms with E-state index in [0.29, 0.717) is 17.7 Å². The quantitative estimate of drug-likeness (QED) is 0.490. The molecule has 1 aliphatic heterocycles. The van der Waals surface area contributed by atoms with Crippen LogP contribution < -0.4 is 5.32 Å². The fourth-order valence-electron chi connectivity index (χ4n) is 4.08. The summed E-state index contributed by atoms with van der Waals surface area (Å²) in [6.07, 6.45) is -4.76. The molecule has 2 aromatic heterocycles. The molecule has 3 rings (SSSR count). The van der Waals surface area contributed by atoms with Crippen LogP contribution in [0.5, 0.6) is 0 Å². The Morgan fingerprint density at radius 2 is 1.87 bits per heavy atom. The van der Waals surface area contributed by atoms with E-state index in [9.17, 15) is 32.7 Å². The fourth-order valence-corrected chi connectivity index (χ4v) is 4.08. The second kappa shape index (κ2) is 11.2. The van der Waals surface area contributed by atoms with Crippen molar-refractivity contribution in [2.75, 3.05) is 13.6 Å². The summed E-state index contributed by atoms with van der Waals surface area (Å²) in [5.74, 6) is -2.81. The lowest BCUT2D eigenvalue weighted by Gasteiger charge is -2.35. The van der Waals surface area contributed by atoms with Crippen molar-refractivity contribution in [3.05, 3.63) is 40.7 Å². The van der Waals surface area contributed by atoms with E-state index in [-0.39, 0.29) is 23.8 Å². The van der Waals surface area contributed by atoms with Gasteiger partial charge in [-0.05, 0) is 34.6 Å². The first-order valence-corrected chi connectivity index (χ1v) is 12.2. The van der Waals surface area contributed by atoms with Crippen LogP contribution in [-0.4, -0.2) is 84.3 Å². The highest BCUT2D eigenvalue weighted by Crippen LogP contribution is 2.30. The molecule has 3 N–H and O–H groups in total. The molecule has 1 aliphatic rings. The lowest BCUT2D eigenvalue weighted by Crippen LogP contribution is -2.47. The van der Waals surface area contributed by atoms with Crippen molar-refractivity contribution in [3.63, 3.8) is 0 Å². The summed E-state index contributed by atoms with van der Waals surface area (Å²) >= 11 is 0. The monoisotopic (exact) mass is 555 g/mol. The average Bonchev–Trinajstić information content (AvgIpc) is 3.26. The Hall–Kier alpha value is -3.75. The minimum Gasteiger partial charge on any atom is -0.444 e. The maximum Gasteiger partial charge on any atom is 0.451 e. The Morgan fingerprint density at radius 1 is 1.26 bits per heavy atom. The van der Waals surface area contributed by atoms with Crippen LogP contribution in [0, 0.1) is 0 Å². The SMILES string of the molecule is CNC(=O)[C@H](O)CN(C(=O)c1[nH]nc2c1CN(C(=O)OC(C)(C)C)[C@H](C)C2)[C@@H](C)c1cnc(C(F)(F)F)nc1. The number of alkyl halides is 3. The Morgan fingerprint density at radius 3 is 2.41 bits per heavy atom. The molecule has 0 bridgehead atoms. The molecule has 12 nitrogen and oxygen atoms in total.